The van der Waals surface area contributed by atoms with E-state index in [1.54, 1.807) is 0 Å². The molecule has 7 heteroatoms. The lowest BCUT2D eigenvalue weighted by Crippen LogP contribution is -2.76. The third-order valence-corrected chi connectivity index (χ3v) is 14.8. The van der Waals surface area contributed by atoms with Crippen LogP contribution >= 0.6 is 11.6 Å². The van der Waals surface area contributed by atoms with E-state index in [1.807, 2.05) is 38.1 Å². The van der Waals surface area contributed by atoms with Gasteiger partial charge in [-0.25, -0.2) is 4.79 Å². The lowest BCUT2D eigenvalue weighted by Gasteiger charge is -2.70. The van der Waals surface area contributed by atoms with Gasteiger partial charge in [0.15, 0.2) is 19.7 Å². The molecular formula is C26H38ClNO4Si. The Bertz CT molecular complexity index is 1000. The number of hydrogen-bond donors (Lipinski definition) is 1. The zero-order chi connectivity index (χ0) is 24.8. The third kappa shape index (κ3) is 3.12. The summed E-state index contributed by atoms with van der Waals surface area (Å²) in [6.07, 6.45) is -0.169. The van der Waals surface area contributed by atoms with E-state index in [2.05, 4.69) is 53.0 Å². The minimum atomic E-state index is -2.13. The summed E-state index contributed by atoms with van der Waals surface area (Å²) in [6, 6.07) is 7.67. The number of ketones is 1. The van der Waals surface area contributed by atoms with Crippen molar-refractivity contribution in [2.45, 2.75) is 90.1 Å². The van der Waals surface area contributed by atoms with Crippen LogP contribution in [0.3, 0.4) is 0 Å². The van der Waals surface area contributed by atoms with Crippen LogP contribution < -0.4 is 5.32 Å². The van der Waals surface area contributed by atoms with Crippen molar-refractivity contribution in [3.8, 4) is 0 Å². The van der Waals surface area contributed by atoms with E-state index in [9.17, 15) is 9.59 Å². The number of rotatable bonds is 3. The summed E-state index contributed by atoms with van der Waals surface area (Å²) in [4.78, 5) is 27.1. The molecule has 1 N–H and O–H groups in total. The highest BCUT2D eigenvalue weighted by molar-refractivity contribution is 6.74. The van der Waals surface area contributed by atoms with E-state index in [0.29, 0.717) is 12.1 Å². The van der Waals surface area contributed by atoms with Gasteiger partial charge in [0.2, 0.25) is 0 Å². The van der Waals surface area contributed by atoms with Crippen LogP contribution in [0.5, 0.6) is 0 Å². The van der Waals surface area contributed by atoms with Crippen LogP contribution in [0.1, 0.15) is 60.5 Å². The molecule has 0 radical (unpaired) electrons. The summed E-state index contributed by atoms with van der Waals surface area (Å²) in [6.45, 7) is 19.1. The molecule has 0 bridgehead atoms. The zero-order valence-electron chi connectivity index (χ0n) is 21.3. The molecule has 4 rings (SSSR count). The van der Waals surface area contributed by atoms with Gasteiger partial charge < -0.3 is 9.16 Å². The van der Waals surface area contributed by atoms with Crippen molar-refractivity contribution >= 4 is 37.5 Å². The van der Waals surface area contributed by atoms with Crippen LogP contribution in [0.4, 0.5) is 10.5 Å². The van der Waals surface area contributed by atoms with Crippen LogP contribution in [0, 0.1) is 22.7 Å². The Kier molecular flexibility index (Phi) is 5.48. The van der Waals surface area contributed by atoms with Crippen molar-refractivity contribution in [3.63, 3.8) is 0 Å². The number of hydrogen-bond acceptors (Lipinski definition) is 4. The van der Waals surface area contributed by atoms with E-state index < -0.39 is 36.8 Å². The average Bonchev–Trinajstić information content (AvgIpc) is 2.69. The van der Waals surface area contributed by atoms with E-state index in [0.717, 1.165) is 5.56 Å². The number of alkyl halides is 1. The zero-order valence-corrected chi connectivity index (χ0v) is 23.1. The summed E-state index contributed by atoms with van der Waals surface area (Å²) in [7, 11) is -2.13. The minimum absolute atomic E-state index is 0.0167. The number of anilines is 1. The van der Waals surface area contributed by atoms with Gasteiger partial charge in [-0.3, -0.25) is 10.1 Å². The fourth-order valence-corrected chi connectivity index (χ4v) is 8.15. The highest BCUT2D eigenvalue weighted by Gasteiger charge is 2.78. The molecule has 2 aliphatic carbocycles. The Morgan fingerprint density at radius 3 is 2.39 bits per heavy atom. The van der Waals surface area contributed by atoms with Gasteiger partial charge in [-0.2, -0.15) is 0 Å². The minimum Gasteiger partial charge on any atom is -0.436 e. The number of nitrogens with one attached hydrogen (secondary N) is 1. The second-order valence-corrected chi connectivity index (χ2v) is 17.8. The molecule has 33 heavy (non-hydrogen) atoms. The Labute approximate surface area is 204 Å². The molecule has 6 atom stereocenters. The fourth-order valence-electron chi connectivity index (χ4n) is 6.19. The molecule has 2 saturated carbocycles. The van der Waals surface area contributed by atoms with Crippen molar-refractivity contribution in [1.29, 1.82) is 0 Å². The second kappa shape index (κ2) is 7.31. The van der Waals surface area contributed by atoms with Gasteiger partial charge in [0.05, 0.1) is 23.1 Å². The largest absolute Gasteiger partial charge is 0.436 e. The van der Waals surface area contributed by atoms with Crippen LogP contribution in [-0.2, 0) is 19.6 Å². The molecule has 1 heterocycles. The van der Waals surface area contributed by atoms with Gasteiger partial charge in [-0.15, -0.1) is 11.6 Å². The van der Waals surface area contributed by atoms with Crippen molar-refractivity contribution in [3.05, 3.63) is 29.8 Å². The lowest BCUT2D eigenvalue weighted by atomic mass is 9.37. The number of Topliss-reactive ketones (excluding diaryl/α,β-unsaturated/α-hetero) is 1. The molecule has 3 aliphatic rings. The van der Waals surface area contributed by atoms with Gasteiger partial charge in [0, 0.05) is 16.4 Å². The number of carbonyl (C=O) groups is 2. The maximum absolute atomic E-state index is 14.4. The van der Waals surface area contributed by atoms with Crippen molar-refractivity contribution in [2.75, 3.05) is 5.32 Å². The van der Waals surface area contributed by atoms with E-state index >= 15 is 0 Å². The van der Waals surface area contributed by atoms with Crippen molar-refractivity contribution in [1.82, 2.24) is 0 Å². The molecule has 0 aromatic heterocycles. The standard InChI is InChI=1S/C26H38ClNO4Si/c1-15(32-33(8,9)23(2,3)4)25(7)19(27)14-17-20(21(25)29)26(24(17,5)6)16-12-10-11-13-18(16)28-22(30)31-26/h10-13,15,17,19-20H,14H2,1-9H3,(H,28,30)/t15-,17+,19-,20+,25-,26-/m1/s1. The van der Waals surface area contributed by atoms with Gasteiger partial charge in [0.1, 0.15) is 0 Å². The summed E-state index contributed by atoms with van der Waals surface area (Å²) in [5.74, 6) is -0.376. The topological polar surface area (TPSA) is 64.6 Å². The number of fused-ring (bicyclic) bond motifs is 4. The third-order valence-electron chi connectivity index (χ3n) is 9.59. The second-order valence-electron chi connectivity index (χ2n) is 12.5. The highest BCUT2D eigenvalue weighted by Crippen LogP contribution is 2.72. The summed E-state index contributed by atoms with van der Waals surface area (Å²) < 4.78 is 12.8. The number of para-hydroxylation sites is 1. The Morgan fingerprint density at radius 2 is 1.79 bits per heavy atom. The highest BCUT2D eigenvalue weighted by atomic mass is 35.5. The lowest BCUT2D eigenvalue weighted by molar-refractivity contribution is -0.264. The first kappa shape index (κ1) is 24.7. The molecule has 182 valence electrons. The van der Waals surface area contributed by atoms with Gasteiger partial charge in [0.25, 0.3) is 0 Å². The normalized spacial score (nSPS) is 36.2. The molecular weight excluding hydrogens is 454 g/mol. The summed E-state index contributed by atoms with van der Waals surface area (Å²) in [5.41, 5.74) is -0.735. The number of amides is 1. The van der Waals surface area contributed by atoms with Crippen LogP contribution in [0.25, 0.3) is 0 Å². The number of benzene rings is 1. The Morgan fingerprint density at radius 1 is 1.18 bits per heavy atom. The van der Waals surface area contributed by atoms with Crippen molar-refractivity contribution < 1.29 is 18.8 Å². The van der Waals surface area contributed by atoms with Gasteiger partial charge >= 0.3 is 6.09 Å². The van der Waals surface area contributed by atoms with E-state index in [1.165, 1.54) is 0 Å². The predicted molar refractivity (Wildman–Crippen MR) is 134 cm³/mol. The van der Waals surface area contributed by atoms with Crippen LogP contribution in [-0.4, -0.2) is 31.7 Å². The Balaban J connectivity index is 1.78. The molecule has 1 aromatic rings. The fraction of sp³-hybridized carbons (Fsp3) is 0.692. The maximum atomic E-state index is 14.4. The molecule has 1 spiro atoms. The van der Waals surface area contributed by atoms with Gasteiger partial charge in [-0.1, -0.05) is 52.8 Å². The summed E-state index contributed by atoms with van der Waals surface area (Å²) >= 11 is 7.03. The monoisotopic (exact) mass is 491 g/mol. The molecule has 1 amide bonds. The van der Waals surface area contributed by atoms with E-state index in [4.69, 9.17) is 20.8 Å². The molecule has 5 nitrogen and oxygen atoms in total. The smallest absolute Gasteiger partial charge is 0.412 e. The quantitative estimate of drug-likeness (QED) is 0.376. The molecule has 1 aliphatic heterocycles. The Hall–Kier alpha value is -1.37. The first-order valence-corrected chi connectivity index (χ1v) is 15.3. The maximum Gasteiger partial charge on any atom is 0.412 e. The van der Waals surface area contributed by atoms with E-state index in [-0.39, 0.29) is 28.2 Å². The average molecular weight is 492 g/mol. The molecule has 0 saturated heterocycles. The van der Waals surface area contributed by atoms with Crippen LogP contribution in [0.15, 0.2) is 24.3 Å². The first-order chi connectivity index (χ1) is 15.0. The summed E-state index contributed by atoms with van der Waals surface area (Å²) in [5, 5.41) is 2.48. The number of carbonyl (C=O) groups excluding carboxylic acids is 2. The molecule has 0 unspecified atom stereocenters. The molecule has 2 fully saturated rings. The predicted octanol–water partition coefficient (Wildman–Crippen LogP) is 6.71. The number of ether oxygens (including phenoxy) is 1. The molecule has 1 aromatic carbocycles. The first-order valence-electron chi connectivity index (χ1n) is 12.0. The number of halogens is 1. The van der Waals surface area contributed by atoms with Crippen molar-refractivity contribution in [2.24, 2.45) is 22.7 Å². The van der Waals surface area contributed by atoms with Crippen LogP contribution in [0.2, 0.25) is 18.1 Å². The van der Waals surface area contributed by atoms with Gasteiger partial charge in [-0.05, 0) is 50.4 Å². The SMILES string of the molecule is C[C@@H](O[Si](C)(C)C(C)(C)C)[C@@]1(C)C(=O)[C@@H]2[C@H](C[C@H]1Cl)C(C)(C)[C@]21OC(=O)Nc2ccccc21.